The zero-order chi connectivity index (χ0) is 15.7. The van der Waals surface area contributed by atoms with Gasteiger partial charge >= 0.3 is 6.18 Å². The van der Waals surface area contributed by atoms with E-state index < -0.39 is 21.9 Å². The van der Waals surface area contributed by atoms with Crippen molar-refractivity contribution in [2.45, 2.75) is 11.1 Å². The molecule has 2 aromatic rings. The Morgan fingerprint density at radius 1 is 1.14 bits per heavy atom. The van der Waals surface area contributed by atoms with Crippen molar-refractivity contribution in [3.63, 3.8) is 0 Å². The van der Waals surface area contributed by atoms with Crippen LogP contribution in [0.5, 0.6) is 0 Å². The van der Waals surface area contributed by atoms with Crippen LogP contribution < -0.4 is 4.72 Å². The first-order valence-corrected chi connectivity index (χ1v) is 7.22. The molecule has 21 heavy (non-hydrogen) atoms. The van der Waals surface area contributed by atoms with Gasteiger partial charge in [0.2, 0.25) is 0 Å². The molecule has 0 atom stereocenters. The van der Waals surface area contributed by atoms with Gasteiger partial charge < -0.3 is 0 Å². The molecule has 1 N–H and O–H groups in total. The Labute approximate surface area is 122 Å². The Balaban J connectivity index is 2.25. The minimum Gasteiger partial charge on any atom is -0.278 e. The summed E-state index contributed by atoms with van der Waals surface area (Å²) in [5, 5.41) is -0.0246. The monoisotopic (exact) mass is 337 g/mol. The maximum absolute atomic E-state index is 12.3. The summed E-state index contributed by atoms with van der Waals surface area (Å²) in [7, 11) is -3.98. The normalized spacial score (nSPS) is 12.2. The minimum atomic E-state index is -4.59. The van der Waals surface area contributed by atoms with E-state index in [1.54, 1.807) is 0 Å². The van der Waals surface area contributed by atoms with E-state index in [0.29, 0.717) is 6.07 Å². The van der Waals surface area contributed by atoms with E-state index in [1.807, 2.05) is 0 Å². The molecule has 0 bridgehead atoms. The number of rotatable bonds is 3. The van der Waals surface area contributed by atoms with E-state index in [4.69, 9.17) is 11.6 Å². The van der Waals surface area contributed by atoms with Crippen LogP contribution in [0.15, 0.2) is 41.6 Å². The number of alkyl halides is 3. The van der Waals surface area contributed by atoms with Gasteiger partial charge in [0.15, 0.2) is 0 Å². The third-order valence-electron chi connectivity index (χ3n) is 2.31. The molecule has 2 aromatic heterocycles. The molecule has 0 saturated carbocycles. The van der Waals surface area contributed by atoms with Gasteiger partial charge in [-0.25, -0.2) is 18.4 Å². The highest BCUT2D eigenvalue weighted by Crippen LogP contribution is 2.28. The number of nitrogens with zero attached hydrogens (tertiary/aromatic N) is 2. The van der Waals surface area contributed by atoms with E-state index in [0.717, 1.165) is 18.3 Å². The van der Waals surface area contributed by atoms with Crippen molar-refractivity contribution in [2.75, 3.05) is 4.72 Å². The number of pyridine rings is 2. The summed E-state index contributed by atoms with van der Waals surface area (Å²) in [6, 6.07) is 3.96. The van der Waals surface area contributed by atoms with Crippen molar-refractivity contribution in [1.29, 1.82) is 0 Å². The smallest absolute Gasteiger partial charge is 0.278 e. The van der Waals surface area contributed by atoms with Crippen LogP contribution >= 0.6 is 11.6 Å². The molecule has 10 heteroatoms. The first-order valence-electron chi connectivity index (χ1n) is 5.36. The molecule has 112 valence electrons. The minimum absolute atomic E-state index is 0.0246. The lowest BCUT2D eigenvalue weighted by molar-refractivity contribution is -0.141. The largest absolute Gasteiger partial charge is 0.433 e. The number of anilines is 1. The summed E-state index contributed by atoms with van der Waals surface area (Å²) in [5.41, 5.74) is -1.21. The van der Waals surface area contributed by atoms with Crippen molar-refractivity contribution < 1.29 is 21.6 Å². The zero-order valence-corrected chi connectivity index (χ0v) is 11.7. The molecule has 5 nitrogen and oxygen atoms in total. The fourth-order valence-corrected chi connectivity index (χ4v) is 2.68. The van der Waals surface area contributed by atoms with Crippen LogP contribution in [0.3, 0.4) is 0 Å². The maximum Gasteiger partial charge on any atom is 0.433 e. The summed E-state index contributed by atoms with van der Waals surface area (Å²) in [6.45, 7) is 0. The van der Waals surface area contributed by atoms with Crippen LogP contribution in [0.25, 0.3) is 0 Å². The van der Waals surface area contributed by atoms with Crippen LogP contribution in [-0.2, 0) is 16.2 Å². The number of sulfonamides is 1. The van der Waals surface area contributed by atoms with Crippen LogP contribution in [0.1, 0.15) is 5.69 Å². The molecular formula is C11H7ClF3N3O2S. The van der Waals surface area contributed by atoms with E-state index in [9.17, 15) is 21.6 Å². The molecule has 0 aromatic carbocycles. The SMILES string of the molecule is O=S(=O)(Nc1ccc(C(F)(F)F)nc1)c1ccnc(Cl)c1. The average Bonchev–Trinajstić information content (AvgIpc) is 2.38. The predicted octanol–water partition coefficient (Wildman–Crippen LogP) is 2.95. The highest BCUT2D eigenvalue weighted by Gasteiger charge is 2.32. The van der Waals surface area contributed by atoms with Crippen molar-refractivity contribution in [2.24, 2.45) is 0 Å². The van der Waals surface area contributed by atoms with Gasteiger partial charge in [-0.15, -0.1) is 0 Å². The molecule has 0 saturated heterocycles. The van der Waals surface area contributed by atoms with Crippen LogP contribution in [-0.4, -0.2) is 18.4 Å². The zero-order valence-electron chi connectivity index (χ0n) is 10.1. The molecular weight excluding hydrogens is 331 g/mol. The topological polar surface area (TPSA) is 72.0 Å². The van der Waals surface area contributed by atoms with E-state index in [1.165, 1.54) is 12.3 Å². The molecule has 0 aliphatic heterocycles. The first-order chi connectivity index (χ1) is 9.68. The van der Waals surface area contributed by atoms with Gasteiger partial charge in [0.05, 0.1) is 16.8 Å². The van der Waals surface area contributed by atoms with E-state index >= 15 is 0 Å². The predicted molar refractivity (Wildman–Crippen MR) is 69.3 cm³/mol. The fourth-order valence-electron chi connectivity index (χ4n) is 1.39. The molecule has 0 amide bonds. The molecule has 0 aliphatic carbocycles. The summed E-state index contributed by atoms with van der Waals surface area (Å²) >= 11 is 5.58. The molecule has 0 aliphatic rings. The van der Waals surface area contributed by atoms with Crippen LogP contribution in [0.2, 0.25) is 5.15 Å². The molecule has 2 rings (SSSR count). The van der Waals surface area contributed by atoms with Crippen LogP contribution in [0, 0.1) is 0 Å². The van der Waals surface area contributed by atoms with Gasteiger partial charge in [0.1, 0.15) is 10.8 Å². The first kappa shape index (κ1) is 15.5. The second-order valence-corrected chi connectivity index (χ2v) is 5.92. The van der Waals surface area contributed by atoms with Crippen molar-refractivity contribution in [3.8, 4) is 0 Å². The third-order valence-corrected chi connectivity index (χ3v) is 3.90. The Kier molecular flexibility index (Phi) is 4.06. The quantitative estimate of drug-likeness (QED) is 0.874. The summed E-state index contributed by atoms with van der Waals surface area (Å²) < 4.78 is 63.1. The highest BCUT2D eigenvalue weighted by atomic mass is 35.5. The lowest BCUT2D eigenvalue weighted by Gasteiger charge is -2.09. The summed E-state index contributed by atoms with van der Waals surface area (Å²) in [5.74, 6) is 0. The molecule has 0 radical (unpaired) electrons. The average molecular weight is 338 g/mol. The second-order valence-electron chi connectivity index (χ2n) is 3.85. The molecule has 0 unspecified atom stereocenters. The van der Waals surface area contributed by atoms with Crippen LogP contribution in [0.4, 0.5) is 18.9 Å². The lowest BCUT2D eigenvalue weighted by atomic mass is 10.3. The second kappa shape index (κ2) is 5.49. The standard InChI is InChI=1S/C11H7ClF3N3O2S/c12-10-5-8(3-4-16-10)21(19,20)18-7-1-2-9(17-6-7)11(13,14)15/h1-6,18H. The van der Waals surface area contributed by atoms with Gasteiger partial charge in [-0.05, 0) is 24.3 Å². The Bertz CT molecular complexity index is 748. The Hall–Kier alpha value is -1.87. The van der Waals surface area contributed by atoms with Gasteiger partial charge in [0.25, 0.3) is 10.0 Å². The molecule has 2 heterocycles. The van der Waals surface area contributed by atoms with E-state index in [-0.39, 0.29) is 15.7 Å². The molecule has 0 spiro atoms. The number of nitrogens with one attached hydrogen (secondary N) is 1. The highest BCUT2D eigenvalue weighted by molar-refractivity contribution is 7.92. The number of aromatic nitrogens is 2. The third kappa shape index (κ3) is 3.82. The van der Waals surface area contributed by atoms with Crippen molar-refractivity contribution in [1.82, 2.24) is 9.97 Å². The van der Waals surface area contributed by atoms with Crippen molar-refractivity contribution in [3.05, 3.63) is 47.5 Å². The lowest BCUT2D eigenvalue weighted by Crippen LogP contribution is -2.14. The van der Waals surface area contributed by atoms with Gasteiger partial charge in [-0.3, -0.25) is 4.72 Å². The summed E-state index contributed by atoms with van der Waals surface area (Å²) in [4.78, 5) is 6.63. The van der Waals surface area contributed by atoms with E-state index in [2.05, 4.69) is 14.7 Å². The number of hydrogen-bond acceptors (Lipinski definition) is 4. The fraction of sp³-hybridized carbons (Fsp3) is 0.0909. The van der Waals surface area contributed by atoms with Gasteiger partial charge in [-0.2, -0.15) is 13.2 Å². The number of hydrogen-bond donors (Lipinski definition) is 1. The summed E-state index contributed by atoms with van der Waals surface area (Å²) in [6.07, 6.45) is -2.61. The number of halogens is 4. The molecule has 0 fully saturated rings. The Morgan fingerprint density at radius 2 is 1.86 bits per heavy atom. The maximum atomic E-state index is 12.3. The van der Waals surface area contributed by atoms with Gasteiger partial charge in [0, 0.05) is 6.20 Å². The van der Waals surface area contributed by atoms with Gasteiger partial charge in [-0.1, -0.05) is 11.6 Å². The Morgan fingerprint density at radius 3 is 2.38 bits per heavy atom. The van der Waals surface area contributed by atoms with Crippen molar-refractivity contribution >= 4 is 27.3 Å².